The zero-order chi connectivity index (χ0) is 20.8. The number of hydrogen-bond donors (Lipinski definition) is 1. The van der Waals surface area contributed by atoms with Crippen molar-refractivity contribution in [2.45, 2.75) is 57.1 Å². The van der Waals surface area contributed by atoms with Crippen molar-refractivity contribution in [3.05, 3.63) is 29.1 Å². The van der Waals surface area contributed by atoms with Gasteiger partial charge in [0.25, 0.3) is 0 Å². The Bertz CT molecular complexity index is 887. The summed E-state index contributed by atoms with van der Waals surface area (Å²) in [6.07, 6.45) is 6.52. The van der Waals surface area contributed by atoms with E-state index in [2.05, 4.69) is 27.1 Å². The molecule has 2 aromatic rings. The summed E-state index contributed by atoms with van der Waals surface area (Å²) >= 11 is 2.45. The standard InChI is InChI=1S/C19H25N5O3S2/c1-4-10-24-16(13-8-6-7-9-13)22-23-19(24)28-11-14(25)21-18-20-12(3)15(29-18)17(26)27-5-2/h4,13H,1,5-11H2,2-3H3,(H,20,21,25). The van der Waals surface area contributed by atoms with Gasteiger partial charge in [-0.2, -0.15) is 0 Å². The maximum atomic E-state index is 12.4. The summed E-state index contributed by atoms with van der Waals surface area (Å²) in [5, 5.41) is 12.5. The maximum absolute atomic E-state index is 12.4. The van der Waals surface area contributed by atoms with Crippen LogP contribution in [0.2, 0.25) is 0 Å². The lowest BCUT2D eigenvalue weighted by atomic mass is 10.1. The number of hydrogen-bond acceptors (Lipinski definition) is 8. The normalized spacial score (nSPS) is 14.1. The number of aryl methyl sites for hydroxylation is 1. The van der Waals surface area contributed by atoms with Gasteiger partial charge in [-0.1, -0.05) is 42.0 Å². The third kappa shape index (κ3) is 5.24. The minimum Gasteiger partial charge on any atom is -0.462 e. The van der Waals surface area contributed by atoms with E-state index in [9.17, 15) is 9.59 Å². The van der Waals surface area contributed by atoms with E-state index in [1.54, 1.807) is 13.8 Å². The van der Waals surface area contributed by atoms with Gasteiger partial charge in [-0.3, -0.25) is 4.79 Å². The molecular weight excluding hydrogens is 410 g/mol. The summed E-state index contributed by atoms with van der Waals surface area (Å²) in [5.41, 5.74) is 0.545. The summed E-state index contributed by atoms with van der Waals surface area (Å²) in [4.78, 5) is 28.9. The van der Waals surface area contributed by atoms with E-state index in [1.165, 1.54) is 24.6 Å². The molecule has 10 heteroatoms. The number of allylic oxidation sites excluding steroid dienone is 1. The van der Waals surface area contributed by atoms with Crippen LogP contribution in [-0.4, -0.2) is 44.0 Å². The predicted octanol–water partition coefficient (Wildman–Crippen LogP) is 3.79. The molecule has 1 saturated carbocycles. The van der Waals surface area contributed by atoms with Crippen molar-refractivity contribution in [2.75, 3.05) is 17.7 Å². The van der Waals surface area contributed by atoms with Gasteiger partial charge in [-0.15, -0.1) is 16.8 Å². The lowest BCUT2D eigenvalue weighted by molar-refractivity contribution is -0.113. The number of carbonyl (C=O) groups excluding carboxylic acids is 2. The summed E-state index contributed by atoms with van der Waals surface area (Å²) in [7, 11) is 0. The lowest BCUT2D eigenvalue weighted by Crippen LogP contribution is -2.15. The molecule has 1 aliphatic rings. The first-order valence-corrected chi connectivity index (χ1v) is 11.4. The van der Waals surface area contributed by atoms with Crippen molar-refractivity contribution in [1.29, 1.82) is 0 Å². The van der Waals surface area contributed by atoms with Crippen LogP contribution in [0.5, 0.6) is 0 Å². The zero-order valence-corrected chi connectivity index (χ0v) is 18.3. The summed E-state index contributed by atoms with van der Waals surface area (Å²) < 4.78 is 7.05. The van der Waals surface area contributed by atoms with Crippen molar-refractivity contribution in [3.8, 4) is 0 Å². The summed E-state index contributed by atoms with van der Waals surface area (Å²) in [6.45, 7) is 8.21. The highest BCUT2D eigenvalue weighted by Crippen LogP contribution is 2.34. The second kappa shape index (κ2) is 10.0. The minimum absolute atomic E-state index is 0.174. The number of ether oxygens (including phenoxy) is 1. The Morgan fingerprint density at radius 1 is 1.38 bits per heavy atom. The number of rotatable bonds is 9. The Balaban J connectivity index is 1.61. The molecule has 1 N–H and O–H groups in total. The number of aromatic nitrogens is 4. The molecule has 0 atom stereocenters. The molecule has 0 aromatic carbocycles. The fraction of sp³-hybridized carbons (Fsp3) is 0.526. The van der Waals surface area contributed by atoms with Gasteiger partial charge < -0.3 is 14.6 Å². The zero-order valence-electron chi connectivity index (χ0n) is 16.6. The fourth-order valence-corrected chi connectivity index (χ4v) is 4.95. The Labute approximate surface area is 178 Å². The molecule has 2 aromatic heterocycles. The Morgan fingerprint density at radius 2 is 2.14 bits per heavy atom. The van der Waals surface area contributed by atoms with Crippen LogP contribution in [0.3, 0.4) is 0 Å². The molecule has 0 aliphatic heterocycles. The average Bonchev–Trinajstić information content (AvgIpc) is 3.41. The Morgan fingerprint density at radius 3 is 2.83 bits per heavy atom. The third-order valence-electron chi connectivity index (χ3n) is 4.61. The molecule has 1 amide bonds. The topological polar surface area (TPSA) is 99.0 Å². The highest BCUT2D eigenvalue weighted by atomic mass is 32.2. The maximum Gasteiger partial charge on any atom is 0.350 e. The van der Waals surface area contributed by atoms with Gasteiger partial charge in [0.1, 0.15) is 10.7 Å². The van der Waals surface area contributed by atoms with Crippen LogP contribution in [0.1, 0.15) is 59.7 Å². The molecule has 8 nitrogen and oxygen atoms in total. The van der Waals surface area contributed by atoms with E-state index in [-0.39, 0.29) is 11.7 Å². The Kier molecular flexibility index (Phi) is 7.43. The lowest BCUT2D eigenvalue weighted by Gasteiger charge is -2.11. The monoisotopic (exact) mass is 435 g/mol. The Hall–Kier alpha value is -2.20. The van der Waals surface area contributed by atoms with Crippen LogP contribution in [0.25, 0.3) is 0 Å². The highest BCUT2D eigenvalue weighted by molar-refractivity contribution is 7.99. The number of nitrogens with zero attached hydrogens (tertiary/aromatic N) is 4. The molecule has 1 aliphatic carbocycles. The van der Waals surface area contributed by atoms with Gasteiger partial charge in [0.15, 0.2) is 10.3 Å². The van der Waals surface area contributed by atoms with Crippen LogP contribution >= 0.6 is 23.1 Å². The van der Waals surface area contributed by atoms with Crippen molar-refractivity contribution >= 4 is 40.1 Å². The van der Waals surface area contributed by atoms with Crippen LogP contribution < -0.4 is 5.32 Å². The second-order valence-corrected chi connectivity index (χ2v) is 8.65. The number of amides is 1. The molecule has 0 radical (unpaired) electrons. The molecule has 3 rings (SSSR count). The highest BCUT2D eigenvalue weighted by Gasteiger charge is 2.24. The smallest absolute Gasteiger partial charge is 0.350 e. The molecule has 0 saturated heterocycles. The molecule has 0 unspecified atom stereocenters. The van der Waals surface area contributed by atoms with Gasteiger partial charge in [0.05, 0.1) is 18.1 Å². The first kappa shape index (κ1) is 21.5. The number of esters is 1. The van der Waals surface area contributed by atoms with Crippen molar-refractivity contribution in [2.24, 2.45) is 0 Å². The van der Waals surface area contributed by atoms with E-state index in [0.717, 1.165) is 30.0 Å². The van der Waals surface area contributed by atoms with Crippen LogP contribution in [0, 0.1) is 6.92 Å². The predicted molar refractivity (Wildman–Crippen MR) is 114 cm³/mol. The molecule has 156 valence electrons. The number of anilines is 1. The molecule has 2 heterocycles. The first-order valence-electron chi connectivity index (χ1n) is 9.64. The van der Waals surface area contributed by atoms with Crippen LogP contribution in [0.15, 0.2) is 17.8 Å². The minimum atomic E-state index is -0.422. The number of thioether (sulfide) groups is 1. The molecule has 0 spiro atoms. The van der Waals surface area contributed by atoms with Gasteiger partial charge >= 0.3 is 5.97 Å². The number of thiazole rings is 1. The van der Waals surface area contributed by atoms with Crippen molar-refractivity contribution in [3.63, 3.8) is 0 Å². The van der Waals surface area contributed by atoms with Gasteiger partial charge in [-0.05, 0) is 26.7 Å². The summed E-state index contributed by atoms with van der Waals surface area (Å²) in [6, 6.07) is 0. The van der Waals surface area contributed by atoms with E-state index in [1.807, 2.05) is 10.6 Å². The van der Waals surface area contributed by atoms with E-state index in [4.69, 9.17) is 4.74 Å². The van der Waals surface area contributed by atoms with Gasteiger partial charge in [0, 0.05) is 12.5 Å². The molecule has 1 fully saturated rings. The quantitative estimate of drug-likeness (QED) is 0.363. The SMILES string of the molecule is C=CCn1c(SCC(=O)Nc2nc(C)c(C(=O)OCC)s2)nnc1C1CCCC1. The van der Waals surface area contributed by atoms with Crippen molar-refractivity contribution < 1.29 is 14.3 Å². The van der Waals surface area contributed by atoms with Gasteiger partial charge in [0.2, 0.25) is 5.91 Å². The fourth-order valence-electron chi connectivity index (χ4n) is 3.31. The summed E-state index contributed by atoms with van der Waals surface area (Å²) in [5.74, 6) is 0.960. The molecule has 0 bridgehead atoms. The first-order chi connectivity index (χ1) is 14.0. The van der Waals surface area contributed by atoms with E-state index >= 15 is 0 Å². The second-order valence-electron chi connectivity index (χ2n) is 6.71. The molecular formula is C19H25N5O3S2. The van der Waals surface area contributed by atoms with Crippen molar-refractivity contribution in [1.82, 2.24) is 19.7 Å². The van der Waals surface area contributed by atoms with Gasteiger partial charge in [-0.25, -0.2) is 9.78 Å². The molecule has 29 heavy (non-hydrogen) atoms. The average molecular weight is 436 g/mol. The van der Waals surface area contributed by atoms with Crippen LogP contribution in [0.4, 0.5) is 5.13 Å². The number of carbonyl (C=O) groups is 2. The third-order valence-corrected chi connectivity index (χ3v) is 6.63. The largest absolute Gasteiger partial charge is 0.462 e. The van der Waals surface area contributed by atoms with E-state index < -0.39 is 5.97 Å². The van der Waals surface area contributed by atoms with Crippen LogP contribution in [-0.2, 0) is 16.1 Å². The van der Waals surface area contributed by atoms with E-state index in [0.29, 0.717) is 39.9 Å². The number of nitrogens with one attached hydrogen (secondary N) is 1.